The number of hydrogen-bond donors (Lipinski definition) is 2. The molecule has 2 N–H and O–H groups in total. The van der Waals surface area contributed by atoms with Crippen LogP contribution in [-0.2, 0) is 17.8 Å². The summed E-state index contributed by atoms with van der Waals surface area (Å²) < 4.78 is 0. The molecule has 4 nitrogen and oxygen atoms in total. The van der Waals surface area contributed by atoms with E-state index in [1.807, 2.05) is 31.2 Å². The minimum absolute atomic E-state index is 0.0758. The molecular weight excluding hydrogens is 252 g/mol. The molecule has 1 aromatic heterocycles. The first kappa shape index (κ1) is 14.2. The molecule has 0 saturated carbocycles. The summed E-state index contributed by atoms with van der Waals surface area (Å²) >= 11 is 0. The highest BCUT2D eigenvalue weighted by Crippen LogP contribution is 2.08. The summed E-state index contributed by atoms with van der Waals surface area (Å²) in [5.41, 5.74) is 2.90. The van der Waals surface area contributed by atoms with Gasteiger partial charge in [-0.25, -0.2) is 4.98 Å². The third-order valence-corrected chi connectivity index (χ3v) is 3.00. The van der Waals surface area contributed by atoms with Crippen LogP contribution >= 0.6 is 0 Å². The molecule has 1 aromatic carbocycles. The molecule has 0 aliphatic rings. The zero-order valence-corrected chi connectivity index (χ0v) is 11.5. The Hall–Kier alpha value is -2.20. The number of aromatic nitrogens is 1. The average Bonchev–Trinajstić information content (AvgIpc) is 2.47. The Morgan fingerprint density at radius 1 is 1.20 bits per heavy atom. The summed E-state index contributed by atoms with van der Waals surface area (Å²) in [6, 6.07) is 13.3. The topological polar surface area (TPSA) is 62.2 Å². The van der Waals surface area contributed by atoms with E-state index in [0.29, 0.717) is 24.4 Å². The molecule has 20 heavy (non-hydrogen) atoms. The number of amides is 1. The predicted octanol–water partition coefficient (Wildman–Crippen LogP) is 2.45. The minimum atomic E-state index is -0.132. The molecule has 104 valence electrons. The SMILES string of the molecule is Cc1ccc(CCC(=O)Nc2cccc(CO)n2)cc1. The van der Waals surface area contributed by atoms with Gasteiger partial charge in [0.1, 0.15) is 5.82 Å². The van der Waals surface area contributed by atoms with Gasteiger partial charge in [-0.3, -0.25) is 4.79 Å². The van der Waals surface area contributed by atoms with Gasteiger partial charge < -0.3 is 10.4 Å². The van der Waals surface area contributed by atoms with Crippen molar-refractivity contribution in [1.29, 1.82) is 0 Å². The summed E-state index contributed by atoms with van der Waals surface area (Å²) in [6.45, 7) is 1.91. The molecule has 4 heteroatoms. The van der Waals surface area contributed by atoms with Gasteiger partial charge in [-0.05, 0) is 31.0 Å². The van der Waals surface area contributed by atoms with Gasteiger partial charge in [0.2, 0.25) is 5.91 Å². The van der Waals surface area contributed by atoms with Crippen LogP contribution in [0.5, 0.6) is 0 Å². The van der Waals surface area contributed by atoms with Crippen molar-refractivity contribution in [2.45, 2.75) is 26.4 Å². The first-order valence-electron chi connectivity index (χ1n) is 6.59. The van der Waals surface area contributed by atoms with Crippen LogP contribution in [0.3, 0.4) is 0 Å². The fourth-order valence-corrected chi connectivity index (χ4v) is 1.86. The number of pyridine rings is 1. The molecule has 0 unspecified atom stereocenters. The fraction of sp³-hybridized carbons (Fsp3) is 0.250. The Morgan fingerprint density at radius 2 is 1.95 bits per heavy atom. The molecule has 0 aliphatic carbocycles. The first-order valence-corrected chi connectivity index (χ1v) is 6.59. The summed E-state index contributed by atoms with van der Waals surface area (Å²) in [4.78, 5) is 16.0. The van der Waals surface area contributed by atoms with E-state index in [1.165, 1.54) is 5.56 Å². The lowest BCUT2D eigenvalue weighted by Crippen LogP contribution is -2.13. The predicted molar refractivity (Wildman–Crippen MR) is 78.3 cm³/mol. The summed E-state index contributed by atoms with van der Waals surface area (Å²) in [5, 5.41) is 11.7. The summed E-state index contributed by atoms with van der Waals surface area (Å²) in [6.07, 6.45) is 1.11. The molecule has 0 saturated heterocycles. The van der Waals surface area contributed by atoms with E-state index < -0.39 is 0 Å². The zero-order chi connectivity index (χ0) is 14.4. The number of nitrogens with one attached hydrogen (secondary N) is 1. The molecule has 1 amide bonds. The highest BCUT2D eigenvalue weighted by atomic mass is 16.3. The Morgan fingerprint density at radius 3 is 2.65 bits per heavy atom. The molecule has 2 rings (SSSR count). The van der Waals surface area contributed by atoms with E-state index in [4.69, 9.17) is 5.11 Å². The molecule has 2 aromatic rings. The van der Waals surface area contributed by atoms with Crippen molar-refractivity contribution in [3.8, 4) is 0 Å². The number of hydrogen-bond acceptors (Lipinski definition) is 3. The Labute approximate surface area is 118 Å². The van der Waals surface area contributed by atoms with Gasteiger partial charge in [-0.15, -0.1) is 0 Å². The number of anilines is 1. The van der Waals surface area contributed by atoms with E-state index >= 15 is 0 Å². The third-order valence-electron chi connectivity index (χ3n) is 3.00. The highest BCUT2D eigenvalue weighted by molar-refractivity contribution is 5.89. The summed E-state index contributed by atoms with van der Waals surface area (Å²) in [5.74, 6) is 0.402. The lowest BCUT2D eigenvalue weighted by atomic mass is 10.1. The first-order chi connectivity index (χ1) is 9.67. The maximum atomic E-state index is 11.8. The lowest BCUT2D eigenvalue weighted by Gasteiger charge is -2.06. The van der Waals surface area contributed by atoms with Crippen LogP contribution in [0.4, 0.5) is 5.82 Å². The van der Waals surface area contributed by atoms with Crippen molar-refractivity contribution in [3.63, 3.8) is 0 Å². The van der Waals surface area contributed by atoms with Gasteiger partial charge in [-0.2, -0.15) is 0 Å². The van der Waals surface area contributed by atoms with Gasteiger partial charge in [-0.1, -0.05) is 35.9 Å². The average molecular weight is 270 g/mol. The van der Waals surface area contributed by atoms with Gasteiger partial charge in [0.25, 0.3) is 0 Å². The highest BCUT2D eigenvalue weighted by Gasteiger charge is 2.04. The van der Waals surface area contributed by atoms with Crippen LogP contribution in [0, 0.1) is 6.92 Å². The minimum Gasteiger partial charge on any atom is -0.390 e. The van der Waals surface area contributed by atoms with E-state index in [2.05, 4.69) is 10.3 Å². The van der Waals surface area contributed by atoms with Crippen molar-refractivity contribution >= 4 is 11.7 Å². The number of rotatable bonds is 5. The second kappa shape index (κ2) is 6.82. The van der Waals surface area contributed by atoms with Crippen molar-refractivity contribution < 1.29 is 9.90 Å². The number of aliphatic hydroxyl groups excluding tert-OH is 1. The fourth-order valence-electron chi connectivity index (χ4n) is 1.86. The standard InChI is InChI=1S/C16H18N2O2/c1-12-5-7-13(8-6-12)9-10-16(20)18-15-4-2-3-14(11-19)17-15/h2-8,19H,9-11H2,1H3,(H,17,18,20). The molecule has 0 atom stereocenters. The smallest absolute Gasteiger partial charge is 0.225 e. The lowest BCUT2D eigenvalue weighted by molar-refractivity contribution is -0.116. The van der Waals surface area contributed by atoms with E-state index in [1.54, 1.807) is 18.2 Å². The van der Waals surface area contributed by atoms with Crippen LogP contribution in [0.15, 0.2) is 42.5 Å². The normalized spacial score (nSPS) is 10.3. The van der Waals surface area contributed by atoms with Crippen LogP contribution in [0.2, 0.25) is 0 Å². The number of aliphatic hydroxyl groups is 1. The van der Waals surface area contributed by atoms with Crippen LogP contribution in [0.25, 0.3) is 0 Å². The second-order valence-corrected chi connectivity index (χ2v) is 4.71. The van der Waals surface area contributed by atoms with Gasteiger partial charge in [0.05, 0.1) is 12.3 Å². The van der Waals surface area contributed by atoms with Gasteiger partial charge >= 0.3 is 0 Å². The number of benzene rings is 1. The summed E-state index contributed by atoms with van der Waals surface area (Å²) in [7, 11) is 0. The molecular formula is C16H18N2O2. The van der Waals surface area contributed by atoms with Gasteiger partial charge in [0, 0.05) is 6.42 Å². The van der Waals surface area contributed by atoms with Crippen molar-refractivity contribution in [3.05, 3.63) is 59.3 Å². The zero-order valence-electron chi connectivity index (χ0n) is 11.5. The molecule has 0 radical (unpaired) electrons. The maximum absolute atomic E-state index is 11.8. The number of carbonyl (C=O) groups excluding carboxylic acids is 1. The van der Waals surface area contributed by atoms with Crippen molar-refractivity contribution in [1.82, 2.24) is 4.98 Å². The van der Waals surface area contributed by atoms with E-state index in [9.17, 15) is 4.79 Å². The number of aryl methyl sites for hydroxylation is 2. The number of nitrogens with zero attached hydrogens (tertiary/aromatic N) is 1. The van der Waals surface area contributed by atoms with Crippen LogP contribution in [-0.4, -0.2) is 16.0 Å². The molecule has 0 bridgehead atoms. The molecule has 0 fully saturated rings. The molecule has 1 heterocycles. The van der Waals surface area contributed by atoms with Crippen molar-refractivity contribution in [2.75, 3.05) is 5.32 Å². The van der Waals surface area contributed by atoms with Gasteiger partial charge in [0.15, 0.2) is 0 Å². The quantitative estimate of drug-likeness (QED) is 0.877. The molecule has 0 spiro atoms. The monoisotopic (exact) mass is 270 g/mol. The number of carbonyl (C=O) groups is 1. The maximum Gasteiger partial charge on any atom is 0.225 e. The van der Waals surface area contributed by atoms with Crippen LogP contribution in [0.1, 0.15) is 23.2 Å². The van der Waals surface area contributed by atoms with Crippen LogP contribution < -0.4 is 5.32 Å². The third kappa shape index (κ3) is 4.17. The second-order valence-electron chi connectivity index (χ2n) is 4.71. The Kier molecular flexibility index (Phi) is 4.85. The van der Waals surface area contributed by atoms with E-state index in [-0.39, 0.29) is 12.5 Å². The van der Waals surface area contributed by atoms with Crippen molar-refractivity contribution in [2.24, 2.45) is 0 Å². The molecule has 0 aliphatic heterocycles. The van der Waals surface area contributed by atoms with E-state index in [0.717, 1.165) is 5.56 Å². The Balaban J connectivity index is 1.87. The largest absolute Gasteiger partial charge is 0.390 e. The Bertz CT molecular complexity index is 579.